The smallest absolute Gasteiger partial charge is 0.325 e. The monoisotopic (exact) mass is 234 g/mol. The molecule has 2 rings (SSSR count). The second-order valence-corrected chi connectivity index (χ2v) is 4.28. The van der Waals surface area contributed by atoms with Crippen molar-refractivity contribution in [1.29, 1.82) is 0 Å². The maximum absolute atomic E-state index is 11.8. The van der Waals surface area contributed by atoms with Crippen LogP contribution in [-0.4, -0.2) is 28.0 Å². The molecular formula is C12H14N2O3. The molecule has 0 unspecified atom stereocenters. The normalized spacial score (nSPS) is 16.3. The second-order valence-electron chi connectivity index (χ2n) is 4.28. The molecule has 1 aliphatic carbocycles. The fraction of sp³-hybridized carbons (Fsp3) is 0.417. The highest BCUT2D eigenvalue weighted by Crippen LogP contribution is 2.38. The Hall–Kier alpha value is -1.91. The van der Waals surface area contributed by atoms with Gasteiger partial charge in [0, 0.05) is 23.4 Å². The van der Waals surface area contributed by atoms with Crippen LogP contribution in [0.25, 0.3) is 0 Å². The topological polar surface area (TPSA) is 79.3 Å². The molecule has 17 heavy (non-hydrogen) atoms. The van der Waals surface area contributed by atoms with Crippen LogP contribution in [-0.2, 0) is 4.79 Å². The van der Waals surface area contributed by atoms with Gasteiger partial charge in [-0.25, -0.2) is 0 Å². The average molecular weight is 234 g/mol. The molecule has 1 fully saturated rings. The molecule has 0 bridgehead atoms. The van der Waals surface area contributed by atoms with E-state index >= 15 is 0 Å². The van der Waals surface area contributed by atoms with Gasteiger partial charge in [-0.1, -0.05) is 0 Å². The van der Waals surface area contributed by atoms with Crippen LogP contribution in [0.4, 0.5) is 0 Å². The van der Waals surface area contributed by atoms with Crippen LogP contribution < -0.4 is 5.32 Å². The zero-order valence-corrected chi connectivity index (χ0v) is 9.51. The Morgan fingerprint density at radius 1 is 1.53 bits per heavy atom. The number of hydrogen-bond acceptors (Lipinski definition) is 3. The summed E-state index contributed by atoms with van der Waals surface area (Å²) in [5.74, 6) is -0.946. The molecule has 1 aliphatic rings. The van der Waals surface area contributed by atoms with Gasteiger partial charge >= 0.3 is 5.97 Å². The number of aliphatic carboxylic acids is 1. The molecule has 0 spiro atoms. The molecule has 1 amide bonds. The molecule has 1 aromatic rings. The Labute approximate surface area is 98.9 Å². The molecule has 1 atom stereocenters. The van der Waals surface area contributed by atoms with Crippen molar-refractivity contribution in [1.82, 2.24) is 10.3 Å². The fourth-order valence-corrected chi connectivity index (χ4v) is 1.53. The molecule has 2 N–H and O–H groups in total. The molecule has 1 aromatic heterocycles. The number of rotatable bonds is 4. The summed E-state index contributed by atoms with van der Waals surface area (Å²) >= 11 is 0. The number of carbonyl (C=O) groups excluding carboxylic acids is 1. The van der Waals surface area contributed by atoms with E-state index in [2.05, 4.69) is 10.3 Å². The lowest BCUT2D eigenvalue weighted by Gasteiger charge is -2.09. The third-order valence-electron chi connectivity index (χ3n) is 2.76. The summed E-state index contributed by atoms with van der Waals surface area (Å²) in [4.78, 5) is 26.6. The minimum absolute atomic E-state index is 0.371. The van der Waals surface area contributed by atoms with Crippen LogP contribution in [0.5, 0.6) is 0 Å². The van der Waals surface area contributed by atoms with Gasteiger partial charge < -0.3 is 10.4 Å². The van der Waals surface area contributed by atoms with Crippen LogP contribution in [0, 0.1) is 0 Å². The van der Waals surface area contributed by atoms with Gasteiger partial charge in [-0.3, -0.25) is 14.6 Å². The highest BCUT2D eigenvalue weighted by Gasteiger charge is 2.25. The van der Waals surface area contributed by atoms with Crippen molar-refractivity contribution in [3.63, 3.8) is 0 Å². The van der Waals surface area contributed by atoms with Gasteiger partial charge in [-0.05, 0) is 31.9 Å². The number of carbonyl (C=O) groups is 2. The number of hydrogen-bond donors (Lipinski definition) is 2. The van der Waals surface area contributed by atoms with E-state index in [1.165, 1.54) is 6.92 Å². The first kappa shape index (κ1) is 11.6. The summed E-state index contributed by atoms with van der Waals surface area (Å²) in [5.41, 5.74) is 1.38. The Kier molecular flexibility index (Phi) is 3.08. The van der Waals surface area contributed by atoms with Crippen LogP contribution >= 0.6 is 0 Å². The Bertz CT molecular complexity index is 455. The minimum atomic E-state index is -1.05. The van der Waals surface area contributed by atoms with Gasteiger partial charge in [0.2, 0.25) is 0 Å². The SMILES string of the molecule is C[C@@H](NC(=O)c1ccnc(C2CC2)c1)C(=O)O. The summed E-state index contributed by atoms with van der Waals surface area (Å²) in [5, 5.41) is 11.1. The number of amides is 1. The Morgan fingerprint density at radius 3 is 2.82 bits per heavy atom. The third-order valence-corrected chi connectivity index (χ3v) is 2.76. The number of nitrogens with zero attached hydrogens (tertiary/aromatic N) is 1. The van der Waals surface area contributed by atoms with E-state index in [0.717, 1.165) is 18.5 Å². The predicted molar refractivity (Wildman–Crippen MR) is 60.8 cm³/mol. The fourth-order valence-electron chi connectivity index (χ4n) is 1.53. The molecular weight excluding hydrogens is 220 g/mol. The first-order chi connectivity index (χ1) is 8.08. The summed E-state index contributed by atoms with van der Waals surface area (Å²) in [6.07, 6.45) is 3.82. The lowest BCUT2D eigenvalue weighted by molar-refractivity contribution is -0.138. The summed E-state index contributed by atoms with van der Waals surface area (Å²) in [6, 6.07) is 2.44. The number of nitrogens with one attached hydrogen (secondary N) is 1. The number of aromatic nitrogens is 1. The molecule has 90 valence electrons. The molecule has 5 nitrogen and oxygen atoms in total. The zero-order chi connectivity index (χ0) is 12.4. The van der Waals surface area contributed by atoms with Crippen molar-refractivity contribution in [2.75, 3.05) is 0 Å². The number of carboxylic acid groups (broad SMARTS) is 1. The van der Waals surface area contributed by atoms with Gasteiger partial charge in [-0.2, -0.15) is 0 Å². The van der Waals surface area contributed by atoms with Crippen LogP contribution in [0.3, 0.4) is 0 Å². The van der Waals surface area contributed by atoms with Gasteiger partial charge in [0.25, 0.3) is 5.91 Å². The van der Waals surface area contributed by atoms with Crippen molar-refractivity contribution in [3.8, 4) is 0 Å². The lowest BCUT2D eigenvalue weighted by atomic mass is 10.1. The van der Waals surface area contributed by atoms with E-state index < -0.39 is 12.0 Å². The number of pyridine rings is 1. The third kappa shape index (κ3) is 2.81. The lowest BCUT2D eigenvalue weighted by Crippen LogP contribution is -2.38. The maximum atomic E-state index is 11.8. The molecule has 0 aliphatic heterocycles. The van der Waals surface area contributed by atoms with E-state index in [0.29, 0.717) is 11.5 Å². The van der Waals surface area contributed by atoms with E-state index in [1.54, 1.807) is 18.3 Å². The standard InChI is InChI=1S/C12H14N2O3/c1-7(12(16)17)14-11(15)9-4-5-13-10(6-9)8-2-3-8/h4-8H,2-3H2,1H3,(H,14,15)(H,16,17)/t7-/m1/s1. The molecule has 5 heteroatoms. The first-order valence-electron chi connectivity index (χ1n) is 5.57. The van der Waals surface area contributed by atoms with Crippen LogP contribution in [0.15, 0.2) is 18.3 Å². The minimum Gasteiger partial charge on any atom is -0.480 e. The van der Waals surface area contributed by atoms with Gasteiger partial charge in [-0.15, -0.1) is 0 Å². The average Bonchev–Trinajstić information content (AvgIpc) is 3.12. The van der Waals surface area contributed by atoms with E-state index in [9.17, 15) is 9.59 Å². The van der Waals surface area contributed by atoms with Crippen molar-refractivity contribution in [3.05, 3.63) is 29.6 Å². The van der Waals surface area contributed by atoms with Crippen molar-refractivity contribution in [2.45, 2.75) is 31.7 Å². The zero-order valence-electron chi connectivity index (χ0n) is 9.51. The van der Waals surface area contributed by atoms with Crippen molar-refractivity contribution in [2.24, 2.45) is 0 Å². The Balaban J connectivity index is 2.08. The predicted octanol–water partition coefficient (Wildman–Crippen LogP) is 1.16. The first-order valence-corrected chi connectivity index (χ1v) is 5.57. The highest BCUT2D eigenvalue weighted by atomic mass is 16.4. The van der Waals surface area contributed by atoms with Crippen molar-refractivity contribution >= 4 is 11.9 Å². The van der Waals surface area contributed by atoms with Crippen molar-refractivity contribution < 1.29 is 14.7 Å². The van der Waals surface area contributed by atoms with Gasteiger partial charge in [0.1, 0.15) is 6.04 Å². The maximum Gasteiger partial charge on any atom is 0.325 e. The number of carboxylic acids is 1. The molecule has 0 radical (unpaired) electrons. The quantitative estimate of drug-likeness (QED) is 0.819. The summed E-state index contributed by atoms with van der Waals surface area (Å²) < 4.78 is 0. The van der Waals surface area contributed by atoms with Crippen LogP contribution in [0.1, 0.15) is 41.7 Å². The molecule has 0 aromatic carbocycles. The van der Waals surface area contributed by atoms with Crippen LogP contribution in [0.2, 0.25) is 0 Å². The van der Waals surface area contributed by atoms with Gasteiger partial charge in [0.15, 0.2) is 0 Å². The Morgan fingerprint density at radius 2 is 2.24 bits per heavy atom. The second kappa shape index (κ2) is 4.53. The highest BCUT2D eigenvalue weighted by molar-refractivity contribution is 5.96. The van der Waals surface area contributed by atoms with E-state index in [-0.39, 0.29) is 5.91 Å². The van der Waals surface area contributed by atoms with E-state index in [4.69, 9.17) is 5.11 Å². The summed E-state index contributed by atoms with van der Waals surface area (Å²) in [7, 11) is 0. The molecule has 1 saturated carbocycles. The van der Waals surface area contributed by atoms with Gasteiger partial charge in [0.05, 0.1) is 0 Å². The summed E-state index contributed by atoms with van der Waals surface area (Å²) in [6.45, 7) is 1.43. The molecule has 1 heterocycles. The van der Waals surface area contributed by atoms with E-state index in [1.807, 2.05) is 0 Å². The largest absolute Gasteiger partial charge is 0.480 e. The molecule has 0 saturated heterocycles.